The highest BCUT2D eigenvalue weighted by atomic mass is 32.2. The summed E-state index contributed by atoms with van der Waals surface area (Å²) >= 11 is 1.41. The Morgan fingerprint density at radius 1 is 1.21 bits per heavy atom. The van der Waals surface area contributed by atoms with E-state index in [4.69, 9.17) is 4.74 Å². The molecule has 1 aromatic heterocycles. The van der Waals surface area contributed by atoms with Crippen LogP contribution in [0.3, 0.4) is 0 Å². The fraction of sp³-hybridized carbons (Fsp3) is 0.517. The van der Waals surface area contributed by atoms with Gasteiger partial charge in [-0.25, -0.2) is 18.2 Å². The number of hydrogen-bond donors (Lipinski definition) is 4. The first-order valence-corrected chi connectivity index (χ1v) is 16.4. The Morgan fingerprint density at radius 2 is 1.98 bits per heavy atom. The van der Waals surface area contributed by atoms with Crippen LogP contribution >= 0.6 is 11.3 Å². The van der Waals surface area contributed by atoms with Gasteiger partial charge in [0.25, 0.3) is 0 Å². The first-order valence-electron chi connectivity index (χ1n) is 14.1. The number of likely N-dealkylation sites (tertiary alicyclic amines) is 1. The second-order valence-electron chi connectivity index (χ2n) is 11.1. The quantitative estimate of drug-likeness (QED) is 0.201. The number of sulfonamides is 1. The van der Waals surface area contributed by atoms with Gasteiger partial charge in [0.1, 0.15) is 0 Å². The number of hydrogen-bond acceptors (Lipinski definition) is 9. The maximum Gasteiger partial charge on any atom is 0.404 e. The minimum absolute atomic E-state index is 0.0233. The zero-order chi connectivity index (χ0) is 30.3. The monoisotopic (exact) mass is 619 g/mol. The van der Waals surface area contributed by atoms with Gasteiger partial charge in [-0.2, -0.15) is 4.31 Å². The predicted molar refractivity (Wildman–Crippen MR) is 165 cm³/mol. The van der Waals surface area contributed by atoms with Crippen molar-refractivity contribution in [2.45, 2.75) is 49.8 Å². The third-order valence-electron chi connectivity index (χ3n) is 7.24. The average molecular weight is 620 g/mol. The molecule has 0 bridgehead atoms. The number of fused-ring (bicyclic) bond motifs is 1. The van der Waals surface area contributed by atoms with E-state index in [1.807, 2.05) is 44.2 Å². The van der Waals surface area contributed by atoms with E-state index in [1.165, 1.54) is 15.6 Å². The van der Waals surface area contributed by atoms with E-state index >= 15 is 0 Å². The zero-order valence-electron chi connectivity index (χ0n) is 24.3. The van der Waals surface area contributed by atoms with E-state index in [2.05, 4.69) is 20.5 Å². The molecule has 0 saturated carbocycles. The Hall–Kier alpha value is -2.81. The van der Waals surface area contributed by atoms with Crippen LogP contribution in [0.1, 0.15) is 25.8 Å². The number of carbonyl (C=O) groups is 1. The fourth-order valence-electron chi connectivity index (χ4n) is 5.15. The number of benzene rings is 2. The maximum atomic E-state index is 13.9. The Labute approximate surface area is 251 Å². The molecular weight excluding hydrogens is 578 g/mol. The van der Waals surface area contributed by atoms with Crippen LogP contribution in [-0.2, 0) is 21.2 Å². The van der Waals surface area contributed by atoms with Gasteiger partial charge in [0.05, 0.1) is 33.9 Å². The van der Waals surface area contributed by atoms with Crippen molar-refractivity contribution in [1.29, 1.82) is 0 Å². The lowest BCUT2D eigenvalue weighted by molar-refractivity contribution is 0.0980. The molecule has 13 heteroatoms. The van der Waals surface area contributed by atoms with Crippen molar-refractivity contribution in [2.24, 2.45) is 5.92 Å². The van der Waals surface area contributed by atoms with Gasteiger partial charge < -0.3 is 25.6 Å². The lowest BCUT2D eigenvalue weighted by atomic mass is 10.0. The third-order valence-corrected chi connectivity index (χ3v) is 10.0. The second kappa shape index (κ2) is 14.6. The maximum absolute atomic E-state index is 13.9. The standard InChI is InChI=1S/C29H41N5O6S2/c1-20(2)17-34(19-26(35)25(32-29(36)37)15-21-7-5-4-6-8-21)42(38,39)23-9-10-24-27(16-23)41-28(31-24)30-22-11-12-33(18-22)13-14-40-3/h4-10,16,20,22,25-26,32,35H,11-15,17-19H2,1-3H3,(H,30,31)(H,36,37)/t22?,25-,26+/m0/s1. The molecule has 1 unspecified atom stereocenters. The molecule has 4 rings (SSSR count). The number of methoxy groups -OCH3 is 1. The van der Waals surface area contributed by atoms with E-state index in [0.717, 1.165) is 41.5 Å². The first-order chi connectivity index (χ1) is 20.0. The Bertz CT molecular complexity index is 1420. The molecule has 0 aliphatic carbocycles. The SMILES string of the molecule is COCCN1CCC(Nc2nc3ccc(S(=O)(=O)N(CC(C)C)C[C@@H](O)[C@H](Cc4ccccc4)NC(=O)O)cc3s2)C1. The van der Waals surface area contributed by atoms with Crippen molar-refractivity contribution in [1.82, 2.24) is 19.5 Å². The van der Waals surface area contributed by atoms with Gasteiger partial charge in [-0.1, -0.05) is 55.5 Å². The number of aromatic nitrogens is 1. The molecule has 0 spiro atoms. The lowest BCUT2D eigenvalue weighted by Crippen LogP contribution is -2.50. The number of thiazole rings is 1. The summed E-state index contributed by atoms with van der Waals surface area (Å²) in [7, 11) is -2.31. The number of ether oxygens (including phenoxy) is 1. The van der Waals surface area contributed by atoms with Crippen molar-refractivity contribution in [2.75, 3.05) is 51.8 Å². The molecule has 3 aromatic rings. The summed E-state index contributed by atoms with van der Waals surface area (Å²) < 4.78 is 34.9. The number of aliphatic hydroxyl groups is 1. The van der Waals surface area contributed by atoms with Crippen LogP contribution in [0, 0.1) is 5.92 Å². The van der Waals surface area contributed by atoms with Crippen LogP contribution in [0.25, 0.3) is 10.2 Å². The van der Waals surface area contributed by atoms with Crippen LogP contribution in [0.15, 0.2) is 53.4 Å². The number of carboxylic acid groups (broad SMARTS) is 1. The molecule has 1 saturated heterocycles. The average Bonchev–Trinajstić information content (AvgIpc) is 3.56. The van der Waals surface area contributed by atoms with Crippen molar-refractivity contribution >= 4 is 42.8 Å². The molecule has 0 radical (unpaired) electrons. The molecule has 230 valence electrons. The Morgan fingerprint density at radius 3 is 2.67 bits per heavy atom. The number of aliphatic hydroxyl groups excluding tert-OH is 1. The van der Waals surface area contributed by atoms with Gasteiger partial charge in [-0.3, -0.25) is 4.90 Å². The molecule has 42 heavy (non-hydrogen) atoms. The summed E-state index contributed by atoms with van der Waals surface area (Å²) in [5.74, 6) is -0.0233. The van der Waals surface area contributed by atoms with Crippen LogP contribution in [0.5, 0.6) is 0 Å². The number of nitrogens with zero attached hydrogens (tertiary/aromatic N) is 3. The van der Waals surface area contributed by atoms with Crippen LogP contribution in [0.2, 0.25) is 0 Å². The molecule has 1 aliphatic heterocycles. The molecule has 1 amide bonds. The van der Waals surface area contributed by atoms with Crippen molar-refractivity contribution in [3.05, 3.63) is 54.1 Å². The van der Waals surface area contributed by atoms with Crippen LogP contribution in [-0.4, -0.2) is 104 Å². The second-order valence-corrected chi connectivity index (χ2v) is 14.1. The van der Waals surface area contributed by atoms with Crippen molar-refractivity contribution < 1.29 is 28.2 Å². The summed E-state index contributed by atoms with van der Waals surface area (Å²) in [5.41, 5.74) is 1.54. The van der Waals surface area contributed by atoms with Gasteiger partial charge in [-0.15, -0.1) is 0 Å². The molecule has 1 aliphatic rings. The van der Waals surface area contributed by atoms with Crippen LogP contribution in [0.4, 0.5) is 9.93 Å². The molecular formula is C29H41N5O6S2. The zero-order valence-corrected chi connectivity index (χ0v) is 25.9. The predicted octanol–water partition coefficient (Wildman–Crippen LogP) is 3.32. The molecule has 3 atom stereocenters. The molecule has 2 heterocycles. The number of nitrogens with one attached hydrogen (secondary N) is 2. The number of anilines is 1. The minimum atomic E-state index is -4.01. The van der Waals surface area contributed by atoms with E-state index in [9.17, 15) is 23.4 Å². The topological polar surface area (TPSA) is 144 Å². The van der Waals surface area contributed by atoms with Crippen molar-refractivity contribution in [3.8, 4) is 0 Å². The highest BCUT2D eigenvalue weighted by molar-refractivity contribution is 7.89. The summed E-state index contributed by atoms with van der Waals surface area (Å²) in [6.45, 7) is 7.17. The third kappa shape index (κ3) is 8.62. The summed E-state index contributed by atoms with van der Waals surface area (Å²) in [6, 6.07) is 13.4. The number of amides is 1. The Kier molecular flexibility index (Phi) is 11.1. The highest BCUT2D eigenvalue weighted by Gasteiger charge is 2.32. The van der Waals surface area contributed by atoms with E-state index in [1.54, 1.807) is 25.3 Å². The normalized spacial score (nSPS) is 17.6. The lowest BCUT2D eigenvalue weighted by Gasteiger charge is -2.30. The summed E-state index contributed by atoms with van der Waals surface area (Å²) in [5, 5.41) is 27.1. The fourth-order valence-corrected chi connectivity index (χ4v) is 7.85. The summed E-state index contributed by atoms with van der Waals surface area (Å²) in [4.78, 5) is 18.6. The largest absolute Gasteiger partial charge is 0.465 e. The van der Waals surface area contributed by atoms with Gasteiger partial charge in [0.2, 0.25) is 10.0 Å². The molecule has 1 fully saturated rings. The van der Waals surface area contributed by atoms with Crippen molar-refractivity contribution in [3.63, 3.8) is 0 Å². The van der Waals surface area contributed by atoms with Crippen LogP contribution < -0.4 is 10.6 Å². The highest BCUT2D eigenvalue weighted by Crippen LogP contribution is 2.31. The summed E-state index contributed by atoms with van der Waals surface area (Å²) in [6.07, 6.45) is -1.34. The van der Waals surface area contributed by atoms with Gasteiger partial charge in [0.15, 0.2) is 5.13 Å². The molecule has 11 nitrogen and oxygen atoms in total. The first kappa shape index (κ1) is 32.1. The molecule has 4 N–H and O–H groups in total. The molecule has 2 aromatic carbocycles. The Balaban J connectivity index is 1.51. The number of rotatable bonds is 15. The van der Waals surface area contributed by atoms with Gasteiger partial charge in [0, 0.05) is 45.9 Å². The van der Waals surface area contributed by atoms with Gasteiger partial charge >= 0.3 is 6.09 Å². The smallest absolute Gasteiger partial charge is 0.404 e. The van der Waals surface area contributed by atoms with Gasteiger partial charge in [-0.05, 0) is 42.5 Å². The van der Waals surface area contributed by atoms with E-state index in [-0.39, 0.29) is 36.4 Å². The van der Waals surface area contributed by atoms with E-state index in [0.29, 0.717) is 12.1 Å². The van der Waals surface area contributed by atoms with E-state index < -0.39 is 28.3 Å². The minimum Gasteiger partial charge on any atom is -0.465 e.